The average Bonchev–Trinajstić information content (AvgIpc) is 3.12. The number of aliphatic hydroxyl groups is 2. The maximum absolute atomic E-state index is 13.6. The predicted octanol–water partition coefficient (Wildman–Crippen LogP) is 3.84. The Hall–Kier alpha value is -4.14. The Morgan fingerprint density at radius 1 is 1.14 bits per heavy atom. The van der Waals surface area contributed by atoms with Gasteiger partial charge in [-0.1, -0.05) is 31.2 Å². The Bertz CT molecular complexity index is 1300. The van der Waals surface area contributed by atoms with Gasteiger partial charge in [0, 0.05) is 35.0 Å². The number of amides is 2. The first-order valence-corrected chi connectivity index (χ1v) is 12.0. The van der Waals surface area contributed by atoms with Gasteiger partial charge in [-0.3, -0.25) is 9.59 Å². The number of nitrogens with two attached hydrogens (primary N) is 1. The molecule has 1 heterocycles. The predicted molar refractivity (Wildman–Crippen MR) is 143 cm³/mol. The highest BCUT2D eigenvalue weighted by Crippen LogP contribution is 2.47. The number of rotatable bonds is 9. The molecule has 5 N–H and O–H groups in total. The number of benzene rings is 3. The number of aliphatic hydroxyl groups excluding tert-OH is 1. The van der Waals surface area contributed by atoms with Crippen molar-refractivity contribution < 1.29 is 24.5 Å². The first-order chi connectivity index (χ1) is 17.8. The molecule has 0 unspecified atom stereocenters. The van der Waals surface area contributed by atoms with Gasteiger partial charge in [0.05, 0.1) is 19.3 Å². The number of hydrogen-bond acceptors (Lipinski definition) is 6. The Balaban J connectivity index is 1.56. The van der Waals surface area contributed by atoms with Crippen molar-refractivity contribution >= 4 is 28.9 Å². The highest BCUT2D eigenvalue weighted by Gasteiger charge is 2.52. The highest BCUT2D eigenvalue weighted by atomic mass is 16.5. The number of methoxy groups -OCH3 is 1. The minimum atomic E-state index is -1.77. The third-order valence-corrected chi connectivity index (χ3v) is 6.58. The highest BCUT2D eigenvalue weighted by molar-refractivity contribution is 6.07. The number of carbonyl (C=O) groups is 2. The van der Waals surface area contributed by atoms with Gasteiger partial charge in [-0.2, -0.15) is 0 Å². The second kappa shape index (κ2) is 10.9. The van der Waals surface area contributed by atoms with E-state index in [4.69, 9.17) is 15.6 Å². The second-order valence-corrected chi connectivity index (χ2v) is 9.04. The molecule has 0 saturated heterocycles. The van der Waals surface area contributed by atoms with Crippen LogP contribution >= 0.6 is 0 Å². The van der Waals surface area contributed by atoms with Gasteiger partial charge in [0.2, 0.25) is 0 Å². The third kappa shape index (κ3) is 5.21. The molecule has 1 aliphatic rings. The molecule has 0 saturated carbocycles. The van der Waals surface area contributed by atoms with Crippen molar-refractivity contribution in [3.8, 4) is 5.75 Å². The van der Waals surface area contributed by atoms with E-state index in [1.165, 1.54) is 7.11 Å². The number of ether oxygens (including phenoxy) is 1. The summed E-state index contributed by atoms with van der Waals surface area (Å²) in [7, 11) is 1.54. The molecule has 0 bridgehead atoms. The van der Waals surface area contributed by atoms with Crippen molar-refractivity contribution in [2.75, 3.05) is 29.7 Å². The molecule has 3 aromatic carbocycles. The first kappa shape index (κ1) is 25.9. The largest absolute Gasteiger partial charge is 0.497 e. The topological polar surface area (TPSA) is 125 Å². The van der Waals surface area contributed by atoms with Crippen LogP contribution in [0.25, 0.3) is 0 Å². The minimum Gasteiger partial charge on any atom is -0.497 e. The SMILES string of the molecule is COc1ccc2c(c1)[C@@](O)([C@H](C)/C=C/CCO)C(=O)N2Cc1ccc(NC(=O)c2ccc(N)cc2)cc1. The molecule has 0 fully saturated rings. The van der Waals surface area contributed by atoms with E-state index < -0.39 is 17.4 Å². The van der Waals surface area contributed by atoms with Crippen molar-refractivity contribution in [3.63, 3.8) is 0 Å². The Labute approximate surface area is 216 Å². The summed E-state index contributed by atoms with van der Waals surface area (Å²) >= 11 is 0. The molecular formula is C29H31N3O5. The summed E-state index contributed by atoms with van der Waals surface area (Å²) in [6.07, 6.45) is 3.94. The summed E-state index contributed by atoms with van der Waals surface area (Å²) in [6, 6.07) is 19.1. The fraction of sp³-hybridized carbons (Fsp3) is 0.241. The van der Waals surface area contributed by atoms with Gasteiger partial charge in [-0.15, -0.1) is 0 Å². The maximum Gasteiger partial charge on any atom is 0.264 e. The molecule has 8 heteroatoms. The summed E-state index contributed by atoms with van der Waals surface area (Å²) in [6.45, 7) is 2.00. The van der Waals surface area contributed by atoms with E-state index in [0.29, 0.717) is 40.4 Å². The fourth-order valence-electron chi connectivity index (χ4n) is 4.44. The van der Waals surface area contributed by atoms with Crippen molar-refractivity contribution in [1.82, 2.24) is 0 Å². The molecule has 3 aromatic rings. The number of nitrogens with zero attached hydrogens (tertiary/aromatic N) is 1. The minimum absolute atomic E-state index is 0.0114. The van der Waals surface area contributed by atoms with E-state index in [1.54, 1.807) is 78.6 Å². The van der Waals surface area contributed by atoms with Gasteiger partial charge >= 0.3 is 0 Å². The van der Waals surface area contributed by atoms with Crippen LogP contribution in [-0.2, 0) is 16.9 Å². The van der Waals surface area contributed by atoms with Crippen molar-refractivity contribution in [2.24, 2.45) is 5.92 Å². The number of anilines is 3. The molecule has 37 heavy (non-hydrogen) atoms. The summed E-state index contributed by atoms with van der Waals surface area (Å²) in [4.78, 5) is 27.7. The van der Waals surface area contributed by atoms with E-state index in [0.717, 1.165) is 5.56 Å². The van der Waals surface area contributed by atoms with Crippen LogP contribution in [0.4, 0.5) is 17.1 Å². The number of fused-ring (bicyclic) bond motifs is 1. The van der Waals surface area contributed by atoms with Crippen LogP contribution in [0.15, 0.2) is 78.9 Å². The van der Waals surface area contributed by atoms with E-state index in [1.807, 2.05) is 12.1 Å². The van der Waals surface area contributed by atoms with E-state index in [2.05, 4.69) is 5.32 Å². The lowest BCUT2D eigenvalue weighted by molar-refractivity contribution is -0.139. The van der Waals surface area contributed by atoms with Crippen LogP contribution in [0.3, 0.4) is 0 Å². The Morgan fingerprint density at radius 2 is 1.84 bits per heavy atom. The van der Waals surface area contributed by atoms with Crippen LogP contribution in [0.5, 0.6) is 5.75 Å². The molecule has 0 spiro atoms. The average molecular weight is 502 g/mol. The molecule has 0 aliphatic carbocycles. The van der Waals surface area contributed by atoms with E-state index in [9.17, 15) is 14.7 Å². The summed E-state index contributed by atoms with van der Waals surface area (Å²) in [5, 5.41) is 23.6. The lowest BCUT2D eigenvalue weighted by atomic mass is 9.83. The summed E-state index contributed by atoms with van der Waals surface area (Å²) < 4.78 is 5.35. The molecule has 2 amide bonds. The van der Waals surface area contributed by atoms with Gasteiger partial charge in [0.15, 0.2) is 5.60 Å². The molecule has 1 aliphatic heterocycles. The lowest BCUT2D eigenvalue weighted by Crippen LogP contribution is -2.44. The molecule has 0 aromatic heterocycles. The quantitative estimate of drug-likeness (QED) is 0.261. The first-order valence-electron chi connectivity index (χ1n) is 12.0. The van der Waals surface area contributed by atoms with Crippen LogP contribution in [0, 0.1) is 5.92 Å². The summed E-state index contributed by atoms with van der Waals surface area (Å²) in [5.74, 6) is -0.677. The number of nitrogen functional groups attached to an aromatic ring is 1. The lowest BCUT2D eigenvalue weighted by Gasteiger charge is -2.27. The fourth-order valence-corrected chi connectivity index (χ4v) is 4.44. The third-order valence-electron chi connectivity index (χ3n) is 6.58. The van der Waals surface area contributed by atoms with Crippen LogP contribution in [-0.4, -0.2) is 35.7 Å². The van der Waals surface area contributed by atoms with Gasteiger partial charge in [0.25, 0.3) is 11.8 Å². The molecular weight excluding hydrogens is 470 g/mol. The van der Waals surface area contributed by atoms with Gasteiger partial charge in [-0.25, -0.2) is 0 Å². The zero-order valence-electron chi connectivity index (χ0n) is 20.8. The van der Waals surface area contributed by atoms with E-state index >= 15 is 0 Å². The van der Waals surface area contributed by atoms with Crippen molar-refractivity contribution in [3.05, 3.63) is 95.6 Å². The Kier molecular flexibility index (Phi) is 7.61. The number of nitrogens with one attached hydrogen (secondary N) is 1. The van der Waals surface area contributed by atoms with Crippen molar-refractivity contribution in [1.29, 1.82) is 0 Å². The molecule has 4 rings (SSSR count). The Morgan fingerprint density at radius 3 is 2.49 bits per heavy atom. The van der Waals surface area contributed by atoms with E-state index in [-0.39, 0.29) is 19.1 Å². The second-order valence-electron chi connectivity index (χ2n) is 9.04. The standard InChI is InChI=1S/C29H31N3O5/c1-19(5-3-4-16-33)29(36)25-17-24(37-2)14-15-26(25)32(28(29)35)18-20-6-12-23(13-7-20)31-27(34)21-8-10-22(30)11-9-21/h3,5-15,17,19,33,36H,4,16,18,30H2,1-2H3,(H,31,34)/b5-3+/t19-,29+/m1/s1. The van der Waals surface area contributed by atoms with Gasteiger partial charge in [0.1, 0.15) is 5.75 Å². The zero-order chi connectivity index (χ0) is 26.6. The zero-order valence-corrected chi connectivity index (χ0v) is 20.8. The molecule has 0 radical (unpaired) electrons. The maximum atomic E-state index is 13.6. The number of hydrogen-bond donors (Lipinski definition) is 4. The van der Waals surface area contributed by atoms with Gasteiger partial charge < -0.3 is 30.9 Å². The number of carbonyl (C=O) groups excluding carboxylic acids is 2. The van der Waals surface area contributed by atoms with Gasteiger partial charge in [-0.05, 0) is 66.6 Å². The van der Waals surface area contributed by atoms with Crippen molar-refractivity contribution in [2.45, 2.75) is 25.5 Å². The monoisotopic (exact) mass is 501 g/mol. The molecule has 8 nitrogen and oxygen atoms in total. The molecule has 192 valence electrons. The van der Waals surface area contributed by atoms with Crippen LogP contribution in [0.1, 0.15) is 34.8 Å². The summed E-state index contributed by atoms with van der Waals surface area (Å²) in [5.41, 5.74) is 7.51. The normalized spacial score (nSPS) is 17.6. The van der Waals surface area contributed by atoms with Crippen LogP contribution < -0.4 is 20.7 Å². The van der Waals surface area contributed by atoms with Crippen LogP contribution in [0.2, 0.25) is 0 Å². The molecule has 2 atom stereocenters. The smallest absolute Gasteiger partial charge is 0.264 e.